The predicted molar refractivity (Wildman–Crippen MR) is 72.8 cm³/mol. The summed E-state index contributed by atoms with van der Waals surface area (Å²) in [6.07, 6.45) is 0. The summed E-state index contributed by atoms with van der Waals surface area (Å²) >= 11 is 0. The van der Waals surface area contributed by atoms with Gasteiger partial charge in [-0.2, -0.15) is 0 Å². The van der Waals surface area contributed by atoms with E-state index < -0.39 is 0 Å². The molecule has 94 valence electrons. The van der Waals surface area contributed by atoms with E-state index in [1.807, 2.05) is 50.2 Å². The predicted octanol–water partition coefficient (Wildman–Crippen LogP) is 2.97. The molecule has 2 aromatic rings. The molecule has 2 rings (SSSR count). The summed E-state index contributed by atoms with van der Waals surface area (Å²) in [6.45, 7) is 5.47. The lowest BCUT2D eigenvalue weighted by molar-refractivity contribution is 0.341. The number of rotatable bonds is 5. The molecule has 1 N–H and O–H groups in total. The van der Waals surface area contributed by atoms with Crippen molar-refractivity contribution >= 4 is 5.82 Å². The van der Waals surface area contributed by atoms with Crippen LogP contribution in [0.4, 0.5) is 5.82 Å². The summed E-state index contributed by atoms with van der Waals surface area (Å²) in [5, 5.41) is 11.5. The van der Waals surface area contributed by atoms with E-state index in [-0.39, 0.29) is 0 Å². The van der Waals surface area contributed by atoms with Gasteiger partial charge in [0.25, 0.3) is 0 Å². The third-order valence-electron chi connectivity index (χ3n) is 2.49. The Hall–Kier alpha value is -2.10. The number of ether oxygens (including phenoxy) is 1. The van der Waals surface area contributed by atoms with E-state index in [9.17, 15) is 0 Å². The van der Waals surface area contributed by atoms with Crippen molar-refractivity contribution in [2.24, 2.45) is 0 Å². The van der Waals surface area contributed by atoms with Gasteiger partial charge in [-0.1, -0.05) is 12.1 Å². The van der Waals surface area contributed by atoms with Crippen LogP contribution in [0.3, 0.4) is 0 Å². The maximum absolute atomic E-state index is 5.59. The number of nitrogens with zero attached hydrogens (tertiary/aromatic N) is 2. The highest BCUT2D eigenvalue weighted by molar-refractivity contribution is 5.67. The topological polar surface area (TPSA) is 47.0 Å². The van der Waals surface area contributed by atoms with E-state index in [1.54, 1.807) is 0 Å². The minimum Gasteiger partial charge on any atom is -0.493 e. The van der Waals surface area contributed by atoms with Gasteiger partial charge in [-0.15, -0.1) is 10.2 Å². The molecule has 0 saturated heterocycles. The highest BCUT2D eigenvalue weighted by atomic mass is 16.5. The van der Waals surface area contributed by atoms with Gasteiger partial charge >= 0.3 is 0 Å². The van der Waals surface area contributed by atoms with Crippen LogP contribution in [0.2, 0.25) is 0 Å². The molecule has 0 bridgehead atoms. The molecule has 0 aliphatic carbocycles. The third kappa shape index (κ3) is 2.77. The van der Waals surface area contributed by atoms with Crippen molar-refractivity contribution < 1.29 is 4.74 Å². The van der Waals surface area contributed by atoms with E-state index in [0.29, 0.717) is 6.61 Å². The Kier molecular flexibility index (Phi) is 4.12. The molecule has 1 heterocycles. The minimum absolute atomic E-state index is 0.639. The zero-order chi connectivity index (χ0) is 12.8. The lowest BCUT2D eigenvalue weighted by Crippen LogP contribution is -2.01. The number of hydrogen-bond acceptors (Lipinski definition) is 4. The van der Waals surface area contributed by atoms with E-state index in [4.69, 9.17) is 4.74 Å². The summed E-state index contributed by atoms with van der Waals surface area (Å²) in [7, 11) is 0. The fraction of sp³-hybridized carbons (Fsp3) is 0.286. The van der Waals surface area contributed by atoms with Crippen LogP contribution >= 0.6 is 0 Å². The molecule has 0 unspecified atom stereocenters. The van der Waals surface area contributed by atoms with Crippen LogP contribution in [0.5, 0.6) is 5.75 Å². The van der Waals surface area contributed by atoms with Gasteiger partial charge in [-0.25, -0.2) is 0 Å². The summed E-state index contributed by atoms with van der Waals surface area (Å²) < 4.78 is 5.59. The van der Waals surface area contributed by atoms with Crippen LogP contribution in [0, 0.1) is 0 Å². The van der Waals surface area contributed by atoms with Crippen LogP contribution in [-0.2, 0) is 0 Å². The first-order valence-corrected chi connectivity index (χ1v) is 6.15. The van der Waals surface area contributed by atoms with Crippen molar-refractivity contribution in [1.29, 1.82) is 0 Å². The lowest BCUT2D eigenvalue weighted by Gasteiger charge is -2.09. The van der Waals surface area contributed by atoms with Crippen LogP contribution in [0.25, 0.3) is 11.3 Å². The molecule has 0 fully saturated rings. The molecule has 0 spiro atoms. The van der Waals surface area contributed by atoms with Crippen molar-refractivity contribution in [3.05, 3.63) is 36.4 Å². The molecule has 0 atom stereocenters. The molecular formula is C14H17N3O. The first kappa shape index (κ1) is 12.4. The molecule has 4 nitrogen and oxygen atoms in total. The van der Waals surface area contributed by atoms with Crippen LogP contribution in [0.1, 0.15) is 13.8 Å². The molecule has 0 aliphatic heterocycles. The summed E-state index contributed by atoms with van der Waals surface area (Å²) in [4.78, 5) is 0. The van der Waals surface area contributed by atoms with Gasteiger partial charge in [0.1, 0.15) is 11.6 Å². The van der Waals surface area contributed by atoms with Gasteiger partial charge < -0.3 is 10.1 Å². The van der Waals surface area contributed by atoms with E-state index in [1.165, 1.54) is 0 Å². The average molecular weight is 243 g/mol. The van der Waals surface area contributed by atoms with Gasteiger partial charge in [0.15, 0.2) is 0 Å². The Morgan fingerprint density at radius 2 is 1.89 bits per heavy atom. The summed E-state index contributed by atoms with van der Waals surface area (Å²) in [5.74, 6) is 1.63. The number of para-hydroxylation sites is 1. The number of hydrogen-bond donors (Lipinski definition) is 1. The van der Waals surface area contributed by atoms with Gasteiger partial charge in [0, 0.05) is 12.1 Å². The SMILES string of the molecule is CCNc1ccc(-c2ccccc2OCC)nn1. The fourth-order valence-electron chi connectivity index (χ4n) is 1.71. The van der Waals surface area contributed by atoms with Gasteiger partial charge in [0.05, 0.1) is 12.3 Å². The second-order valence-electron chi connectivity index (χ2n) is 3.76. The number of aromatic nitrogens is 2. The number of nitrogens with one attached hydrogen (secondary N) is 1. The van der Waals surface area contributed by atoms with Crippen molar-refractivity contribution in [2.45, 2.75) is 13.8 Å². The highest BCUT2D eigenvalue weighted by Gasteiger charge is 2.07. The maximum Gasteiger partial charge on any atom is 0.148 e. The minimum atomic E-state index is 0.639. The molecule has 1 aromatic carbocycles. The van der Waals surface area contributed by atoms with E-state index in [2.05, 4.69) is 15.5 Å². The van der Waals surface area contributed by atoms with Gasteiger partial charge in [0.2, 0.25) is 0 Å². The smallest absolute Gasteiger partial charge is 0.148 e. The largest absolute Gasteiger partial charge is 0.493 e. The zero-order valence-corrected chi connectivity index (χ0v) is 10.7. The molecule has 0 amide bonds. The maximum atomic E-state index is 5.59. The highest BCUT2D eigenvalue weighted by Crippen LogP contribution is 2.28. The summed E-state index contributed by atoms with van der Waals surface area (Å²) in [6, 6.07) is 11.7. The first-order chi connectivity index (χ1) is 8.85. The number of anilines is 1. The second-order valence-corrected chi connectivity index (χ2v) is 3.76. The van der Waals surface area contributed by atoms with E-state index >= 15 is 0 Å². The quantitative estimate of drug-likeness (QED) is 0.877. The molecule has 18 heavy (non-hydrogen) atoms. The van der Waals surface area contributed by atoms with Crippen LogP contribution in [-0.4, -0.2) is 23.3 Å². The zero-order valence-electron chi connectivity index (χ0n) is 10.7. The van der Waals surface area contributed by atoms with Crippen molar-refractivity contribution in [2.75, 3.05) is 18.5 Å². The molecule has 0 saturated carbocycles. The van der Waals surface area contributed by atoms with E-state index in [0.717, 1.165) is 29.4 Å². The first-order valence-electron chi connectivity index (χ1n) is 6.15. The standard InChI is InChI=1S/C14H17N3O/c1-3-15-14-10-9-12(16-17-14)11-7-5-6-8-13(11)18-4-2/h5-10H,3-4H2,1-2H3,(H,15,17). The van der Waals surface area contributed by atoms with Gasteiger partial charge in [-0.3, -0.25) is 0 Å². The molecule has 1 aromatic heterocycles. The monoisotopic (exact) mass is 243 g/mol. The normalized spacial score (nSPS) is 10.1. The van der Waals surface area contributed by atoms with Crippen molar-refractivity contribution in [1.82, 2.24) is 10.2 Å². The Labute approximate surface area is 107 Å². The van der Waals surface area contributed by atoms with Gasteiger partial charge in [-0.05, 0) is 38.1 Å². The van der Waals surface area contributed by atoms with Crippen molar-refractivity contribution in [3.8, 4) is 17.0 Å². The van der Waals surface area contributed by atoms with Crippen LogP contribution in [0.15, 0.2) is 36.4 Å². The van der Waals surface area contributed by atoms with Crippen LogP contribution < -0.4 is 10.1 Å². The third-order valence-corrected chi connectivity index (χ3v) is 2.49. The Morgan fingerprint density at radius 1 is 1.06 bits per heavy atom. The Bertz CT molecular complexity index is 497. The molecule has 0 radical (unpaired) electrons. The lowest BCUT2D eigenvalue weighted by atomic mass is 10.1. The average Bonchev–Trinajstić information content (AvgIpc) is 2.41. The molecule has 0 aliphatic rings. The Balaban J connectivity index is 2.30. The second kappa shape index (κ2) is 6.00. The summed E-state index contributed by atoms with van der Waals surface area (Å²) in [5.41, 5.74) is 1.79. The fourth-order valence-corrected chi connectivity index (χ4v) is 1.71. The number of benzene rings is 1. The molecule has 4 heteroatoms. The molecular weight excluding hydrogens is 226 g/mol. The Morgan fingerprint density at radius 3 is 2.56 bits per heavy atom. The van der Waals surface area contributed by atoms with Crippen molar-refractivity contribution in [3.63, 3.8) is 0 Å².